The summed E-state index contributed by atoms with van der Waals surface area (Å²) in [6, 6.07) is 0. The van der Waals surface area contributed by atoms with Gasteiger partial charge in [0.15, 0.2) is 5.79 Å². The van der Waals surface area contributed by atoms with Crippen molar-refractivity contribution in [2.24, 2.45) is 0 Å². The number of alkyl halides is 1. The third-order valence-corrected chi connectivity index (χ3v) is 6.12. The van der Waals surface area contributed by atoms with Crippen LogP contribution in [-0.2, 0) is 9.47 Å². The number of hydrogen-bond donors (Lipinski definition) is 0. The molecular formula is C11H19BrO2S. The number of halogens is 1. The summed E-state index contributed by atoms with van der Waals surface area (Å²) in [6.07, 6.45) is 2.64. The summed E-state index contributed by atoms with van der Waals surface area (Å²) in [4.78, 5) is 0. The van der Waals surface area contributed by atoms with Gasteiger partial charge in [-0.25, -0.2) is 0 Å². The van der Waals surface area contributed by atoms with Crippen molar-refractivity contribution in [2.45, 2.75) is 48.9 Å². The fraction of sp³-hybridized carbons (Fsp3) is 1.00. The number of hydrogen-bond acceptors (Lipinski definition) is 3. The minimum atomic E-state index is -0.398. The Morgan fingerprint density at radius 1 is 1.13 bits per heavy atom. The summed E-state index contributed by atoms with van der Waals surface area (Å²) in [6.45, 7) is 7.79. The van der Waals surface area contributed by atoms with Crippen LogP contribution in [0.5, 0.6) is 0 Å². The third-order valence-electron chi connectivity index (χ3n) is 2.96. The molecule has 1 saturated heterocycles. The van der Waals surface area contributed by atoms with Crippen LogP contribution in [0.15, 0.2) is 0 Å². The van der Waals surface area contributed by atoms with E-state index in [9.17, 15) is 0 Å². The van der Waals surface area contributed by atoms with Gasteiger partial charge in [0, 0.05) is 10.1 Å². The Hall–Kier alpha value is 0.750. The van der Waals surface area contributed by atoms with Crippen molar-refractivity contribution in [1.82, 2.24) is 0 Å². The van der Waals surface area contributed by atoms with E-state index in [0.29, 0.717) is 4.75 Å². The van der Waals surface area contributed by atoms with Crippen LogP contribution in [0.3, 0.4) is 0 Å². The van der Waals surface area contributed by atoms with Crippen molar-refractivity contribution in [3.8, 4) is 0 Å². The van der Waals surface area contributed by atoms with Gasteiger partial charge in [-0.3, -0.25) is 0 Å². The molecule has 0 bridgehead atoms. The van der Waals surface area contributed by atoms with Crippen LogP contribution < -0.4 is 0 Å². The number of ether oxygens (including phenoxy) is 2. The van der Waals surface area contributed by atoms with Crippen LogP contribution in [0, 0.1) is 0 Å². The van der Waals surface area contributed by atoms with E-state index >= 15 is 0 Å². The van der Waals surface area contributed by atoms with E-state index in [-0.39, 0.29) is 4.75 Å². The highest BCUT2D eigenvalue weighted by molar-refractivity contribution is 9.09. The Kier molecular flexibility index (Phi) is 3.17. The maximum Gasteiger partial charge on any atom is 0.162 e. The average molecular weight is 295 g/mol. The van der Waals surface area contributed by atoms with Gasteiger partial charge in [0.25, 0.3) is 0 Å². The Balaban J connectivity index is 1.92. The summed E-state index contributed by atoms with van der Waals surface area (Å²) in [5, 5.41) is 1.09. The first-order chi connectivity index (χ1) is 6.89. The molecule has 0 unspecified atom stereocenters. The van der Waals surface area contributed by atoms with Gasteiger partial charge in [-0.05, 0) is 33.6 Å². The highest BCUT2D eigenvalue weighted by Crippen LogP contribution is 2.55. The predicted octanol–water partition coefficient (Wildman–Crippen LogP) is 3.19. The lowest BCUT2D eigenvalue weighted by molar-refractivity contribution is -0.253. The summed E-state index contributed by atoms with van der Waals surface area (Å²) < 4.78 is 12.1. The molecule has 0 aromatic heterocycles. The summed E-state index contributed by atoms with van der Waals surface area (Å²) >= 11 is 5.64. The summed E-state index contributed by atoms with van der Waals surface area (Å²) in [5.74, 6) is -0.398. The molecule has 0 N–H and O–H groups in total. The fourth-order valence-electron chi connectivity index (χ4n) is 1.72. The summed E-state index contributed by atoms with van der Waals surface area (Å²) in [5.41, 5.74) is 0. The molecule has 0 aromatic carbocycles. The van der Waals surface area contributed by atoms with Crippen LogP contribution in [0.4, 0.5) is 0 Å². The van der Waals surface area contributed by atoms with E-state index in [0.717, 1.165) is 18.5 Å². The molecule has 2 aliphatic rings. The molecule has 1 saturated carbocycles. The molecule has 0 atom stereocenters. The van der Waals surface area contributed by atoms with Gasteiger partial charge in [0.2, 0.25) is 0 Å². The molecule has 0 aromatic rings. The molecule has 1 aliphatic carbocycles. The second-order valence-corrected chi connectivity index (χ2v) is 7.96. The Labute approximate surface area is 105 Å². The molecule has 2 rings (SSSR count). The topological polar surface area (TPSA) is 18.5 Å². The monoisotopic (exact) mass is 294 g/mol. The molecule has 88 valence electrons. The molecule has 15 heavy (non-hydrogen) atoms. The van der Waals surface area contributed by atoms with Crippen LogP contribution >= 0.6 is 27.7 Å². The Bertz CT molecular complexity index is 241. The SMILES string of the molecule is CC1(C)OCC(C)(SC2(CBr)CC2)CO1. The number of thioether (sulfide) groups is 1. The lowest BCUT2D eigenvalue weighted by atomic mass is 10.1. The molecule has 2 fully saturated rings. The molecule has 0 spiro atoms. The van der Waals surface area contributed by atoms with E-state index in [1.54, 1.807) is 0 Å². The van der Waals surface area contributed by atoms with Crippen molar-refractivity contribution in [3.63, 3.8) is 0 Å². The van der Waals surface area contributed by atoms with Gasteiger partial charge in [0.05, 0.1) is 18.0 Å². The zero-order valence-electron chi connectivity index (χ0n) is 9.64. The maximum absolute atomic E-state index is 5.74. The lowest BCUT2D eigenvalue weighted by Gasteiger charge is -2.42. The van der Waals surface area contributed by atoms with Gasteiger partial charge >= 0.3 is 0 Å². The van der Waals surface area contributed by atoms with Crippen molar-refractivity contribution in [2.75, 3.05) is 18.5 Å². The van der Waals surface area contributed by atoms with Crippen LogP contribution in [-0.4, -0.2) is 33.8 Å². The van der Waals surface area contributed by atoms with Gasteiger partial charge < -0.3 is 9.47 Å². The van der Waals surface area contributed by atoms with Gasteiger partial charge in [-0.2, -0.15) is 0 Å². The van der Waals surface area contributed by atoms with Crippen molar-refractivity contribution in [3.05, 3.63) is 0 Å². The first-order valence-electron chi connectivity index (χ1n) is 5.43. The van der Waals surface area contributed by atoms with Crippen molar-refractivity contribution in [1.29, 1.82) is 0 Å². The predicted molar refractivity (Wildman–Crippen MR) is 67.7 cm³/mol. The Morgan fingerprint density at radius 3 is 2.07 bits per heavy atom. The minimum absolute atomic E-state index is 0.125. The van der Waals surface area contributed by atoms with Gasteiger partial charge in [-0.15, -0.1) is 11.8 Å². The van der Waals surface area contributed by atoms with E-state index in [1.165, 1.54) is 12.8 Å². The molecule has 4 heteroatoms. The second kappa shape index (κ2) is 3.90. The molecular weight excluding hydrogens is 276 g/mol. The van der Waals surface area contributed by atoms with E-state index in [2.05, 4.69) is 22.9 Å². The highest BCUT2D eigenvalue weighted by atomic mass is 79.9. The second-order valence-electron chi connectivity index (χ2n) is 5.35. The summed E-state index contributed by atoms with van der Waals surface area (Å²) in [7, 11) is 0. The first kappa shape index (κ1) is 12.2. The quantitative estimate of drug-likeness (QED) is 0.745. The zero-order valence-corrected chi connectivity index (χ0v) is 12.0. The van der Waals surface area contributed by atoms with Crippen LogP contribution in [0.1, 0.15) is 33.6 Å². The zero-order chi connectivity index (χ0) is 11.2. The average Bonchev–Trinajstić information content (AvgIpc) is 2.92. The molecule has 2 nitrogen and oxygen atoms in total. The molecule has 0 amide bonds. The smallest absolute Gasteiger partial charge is 0.162 e. The van der Waals surface area contributed by atoms with Crippen LogP contribution in [0.25, 0.3) is 0 Å². The molecule has 1 heterocycles. The maximum atomic E-state index is 5.74. The standard InChI is InChI=1S/C11H19BrO2S/c1-9(2)13-7-10(3,8-14-9)15-11(6-12)4-5-11/h4-8H2,1-3H3. The largest absolute Gasteiger partial charge is 0.349 e. The fourth-order valence-corrected chi connectivity index (χ4v) is 4.27. The van der Waals surface area contributed by atoms with Crippen LogP contribution in [0.2, 0.25) is 0 Å². The first-order valence-corrected chi connectivity index (χ1v) is 7.37. The van der Waals surface area contributed by atoms with Crippen molar-refractivity contribution >= 4 is 27.7 Å². The van der Waals surface area contributed by atoms with Gasteiger partial charge in [0.1, 0.15) is 0 Å². The molecule has 1 aliphatic heterocycles. The normalized spacial score (nSPS) is 31.2. The minimum Gasteiger partial charge on any atom is -0.349 e. The lowest BCUT2D eigenvalue weighted by Crippen LogP contribution is -2.48. The van der Waals surface area contributed by atoms with E-state index in [4.69, 9.17) is 9.47 Å². The molecule has 0 radical (unpaired) electrons. The van der Waals surface area contributed by atoms with E-state index < -0.39 is 5.79 Å². The Morgan fingerprint density at radius 2 is 1.67 bits per heavy atom. The third kappa shape index (κ3) is 2.90. The van der Waals surface area contributed by atoms with E-state index in [1.807, 2.05) is 25.6 Å². The number of rotatable bonds is 3. The van der Waals surface area contributed by atoms with Gasteiger partial charge in [-0.1, -0.05) is 15.9 Å². The van der Waals surface area contributed by atoms with Crippen molar-refractivity contribution < 1.29 is 9.47 Å². The highest BCUT2D eigenvalue weighted by Gasteiger charge is 2.49.